The molecule has 3 aliphatic heterocycles. The normalized spacial score (nSPS) is 22.2. The molecule has 0 aliphatic carbocycles. The van der Waals surface area contributed by atoms with Crippen molar-refractivity contribution in [2.75, 3.05) is 58.3 Å². The topological polar surface area (TPSA) is 106 Å². The number of nitrogens with two attached hydrogens (primary N) is 1. The van der Waals surface area contributed by atoms with Crippen LogP contribution in [0.3, 0.4) is 0 Å². The summed E-state index contributed by atoms with van der Waals surface area (Å²) in [5.74, 6) is -0.422. The molecule has 31 heavy (non-hydrogen) atoms. The van der Waals surface area contributed by atoms with Crippen LogP contribution in [0.2, 0.25) is 0 Å². The zero-order chi connectivity index (χ0) is 22.3. The highest BCUT2D eigenvalue weighted by atomic mass is 19.1. The molecule has 0 spiro atoms. The molecule has 0 aromatic heterocycles. The van der Waals surface area contributed by atoms with Crippen LogP contribution in [-0.2, 0) is 9.59 Å². The zero-order valence-electron chi connectivity index (χ0n) is 17.5. The van der Waals surface area contributed by atoms with E-state index in [4.69, 9.17) is 5.73 Å². The largest absolute Gasteiger partial charge is 0.369 e. The number of piperazine rings is 1. The van der Waals surface area contributed by atoms with E-state index in [-0.39, 0.29) is 12.4 Å². The number of fused-ring (bicyclic) bond motifs is 1. The first-order valence-electron chi connectivity index (χ1n) is 10.0. The summed E-state index contributed by atoms with van der Waals surface area (Å²) < 4.78 is 14.8. The summed E-state index contributed by atoms with van der Waals surface area (Å²) in [5.41, 5.74) is 6.39. The molecule has 1 aromatic carbocycles. The van der Waals surface area contributed by atoms with E-state index in [0.29, 0.717) is 18.2 Å². The highest BCUT2D eigenvalue weighted by Gasteiger charge is 2.53. The van der Waals surface area contributed by atoms with E-state index in [1.165, 1.54) is 24.1 Å². The zero-order valence-corrected chi connectivity index (χ0v) is 17.5. The molecule has 2 N–H and O–H groups in total. The van der Waals surface area contributed by atoms with Crippen molar-refractivity contribution in [2.24, 2.45) is 10.7 Å². The Kier molecular flexibility index (Phi) is 5.44. The lowest BCUT2D eigenvalue weighted by molar-refractivity contribution is -0.525. The summed E-state index contributed by atoms with van der Waals surface area (Å²) in [4.78, 5) is 48.0. The fourth-order valence-corrected chi connectivity index (χ4v) is 4.14. The van der Waals surface area contributed by atoms with Gasteiger partial charge in [0.1, 0.15) is 12.4 Å². The number of carbonyl (C=O) groups is 3. The van der Waals surface area contributed by atoms with Gasteiger partial charge in [0.05, 0.1) is 0 Å². The average Bonchev–Trinajstić information content (AvgIpc) is 3.09. The number of halogens is 1. The number of hydrogen-bond acceptors (Lipinski definition) is 6. The van der Waals surface area contributed by atoms with Crippen LogP contribution < -0.4 is 10.6 Å². The van der Waals surface area contributed by atoms with Gasteiger partial charge in [-0.05, 0) is 29.3 Å². The molecule has 11 heteroatoms. The second-order valence-electron chi connectivity index (χ2n) is 7.86. The highest BCUT2D eigenvalue weighted by Crippen LogP contribution is 2.20. The number of hydrogen-bond donors (Lipinski definition) is 1. The molecule has 3 aliphatic rings. The van der Waals surface area contributed by atoms with Crippen molar-refractivity contribution in [2.45, 2.75) is 6.04 Å². The first-order chi connectivity index (χ1) is 14.8. The predicted molar refractivity (Wildman–Crippen MR) is 112 cm³/mol. The number of primary amides is 1. The number of benzene rings is 1. The number of amidine groups is 2. The lowest BCUT2D eigenvalue weighted by Gasteiger charge is -2.35. The molecule has 2 fully saturated rings. The molecule has 1 atom stereocenters. The van der Waals surface area contributed by atoms with E-state index < -0.39 is 23.9 Å². The van der Waals surface area contributed by atoms with Gasteiger partial charge in [-0.3, -0.25) is 24.3 Å². The van der Waals surface area contributed by atoms with E-state index in [1.54, 1.807) is 23.8 Å². The second-order valence-corrected chi connectivity index (χ2v) is 7.86. The fraction of sp³-hybridized carbons (Fsp3) is 0.450. The summed E-state index contributed by atoms with van der Waals surface area (Å²) in [7, 11) is 2.97. The van der Waals surface area contributed by atoms with Crippen LogP contribution in [0.25, 0.3) is 0 Å². The van der Waals surface area contributed by atoms with Gasteiger partial charge in [-0.15, -0.1) is 0 Å². The third-order valence-corrected chi connectivity index (χ3v) is 5.87. The van der Waals surface area contributed by atoms with Crippen molar-refractivity contribution >= 4 is 35.2 Å². The molecule has 10 nitrogen and oxygen atoms in total. The predicted octanol–water partition coefficient (Wildman–Crippen LogP) is -0.851. The molecular formula is C20H25FN7O3+. The fourth-order valence-electron chi connectivity index (χ4n) is 4.14. The Balaban J connectivity index is 1.51. The van der Waals surface area contributed by atoms with E-state index in [0.717, 1.165) is 36.8 Å². The van der Waals surface area contributed by atoms with Gasteiger partial charge >= 0.3 is 11.9 Å². The molecule has 164 valence electrons. The second kappa shape index (κ2) is 8.06. The number of carbonyl (C=O) groups excluding carboxylic acids is 3. The Morgan fingerprint density at radius 3 is 2.39 bits per heavy atom. The SMILES string of the molecule is CN1C(=O)C2C(=NC(CN3CCN(c4ccc(F)cc4)CC3)=[N+]2CC(N)=O)N(C)C1=O. The van der Waals surface area contributed by atoms with Crippen molar-refractivity contribution in [3.05, 3.63) is 30.1 Å². The van der Waals surface area contributed by atoms with Gasteiger partial charge in [0, 0.05) is 46.0 Å². The number of imide groups is 1. The lowest BCUT2D eigenvalue weighted by Crippen LogP contribution is -2.62. The number of nitrogens with zero attached hydrogens (tertiary/aromatic N) is 6. The smallest absolute Gasteiger partial charge is 0.333 e. The van der Waals surface area contributed by atoms with Crippen LogP contribution >= 0.6 is 0 Å². The first kappa shape index (κ1) is 20.9. The molecule has 1 unspecified atom stereocenters. The Bertz CT molecular complexity index is 983. The summed E-state index contributed by atoms with van der Waals surface area (Å²) >= 11 is 0. The third-order valence-electron chi connectivity index (χ3n) is 5.87. The summed E-state index contributed by atoms with van der Waals surface area (Å²) in [6, 6.07) is 5.11. The minimum absolute atomic E-state index is 0.163. The molecular weight excluding hydrogens is 405 g/mol. The Morgan fingerprint density at radius 2 is 1.77 bits per heavy atom. The van der Waals surface area contributed by atoms with Crippen LogP contribution in [0.5, 0.6) is 0 Å². The van der Waals surface area contributed by atoms with Crippen molar-refractivity contribution in [3.63, 3.8) is 0 Å². The monoisotopic (exact) mass is 430 g/mol. The Morgan fingerprint density at radius 1 is 1.13 bits per heavy atom. The number of rotatable bonds is 5. The molecule has 4 amide bonds. The average molecular weight is 430 g/mol. The van der Waals surface area contributed by atoms with Gasteiger partial charge < -0.3 is 10.6 Å². The number of urea groups is 1. The highest BCUT2D eigenvalue weighted by molar-refractivity contribution is 6.23. The quantitative estimate of drug-likeness (QED) is 0.613. The maximum atomic E-state index is 13.2. The van der Waals surface area contributed by atoms with E-state index in [9.17, 15) is 18.8 Å². The maximum Gasteiger partial charge on any atom is 0.333 e. The molecule has 4 rings (SSSR count). The summed E-state index contributed by atoms with van der Waals surface area (Å²) in [6.45, 7) is 3.20. The molecule has 3 heterocycles. The van der Waals surface area contributed by atoms with Gasteiger partial charge in [-0.2, -0.15) is 0 Å². The van der Waals surface area contributed by atoms with E-state index in [2.05, 4.69) is 14.8 Å². The minimum Gasteiger partial charge on any atom is -0.369 e. The standard InChI is InChI=1S/C20H24FN7O3/c1-24-18-17(19(30)25(2)20(24)31)28(11-15(22)29)16(23-18)12-26-7-9-27(10-8-26)14-5-3-13(21)4-6-14/h3-6,17H,7-12H2,1-2H3,(H-,22,29)/p+1. The van der Waals surface area contributed by atoms with Crippen LogP contribution in [0, 0.1) is 5.82 Å². The van der Waals surface area contributed by atoms with Crippen LogP contribution in [0.4, 0.5) is 14.9 Å². The van der Waals surface area contributed by atoms with Gasteiger partial charge in [-0.25, -0.2) is 13.8 Å². The molecule has 0 radical (unpaired) electrons. The molecule has 0 saturated carbocycles. The number of amides is 4. The summed E-state index contributed by atoms with van der Waals surface area (Å²) in [6.07, 6.45) is 0. The number of anilines is 1. The van der Waals surface area contributed by atoms with Crippen LogP contribution in [0.1, 0.15) is 0 Å². The van der Waals surface area contributed by atoms with Gasteiger partial charge in [0.25, 0.3) is 23.7 Å². The van der Waals surface area contributed by atoms with Crippen molar-refractivity contribution in [1.82, 2.24) is 14.7 Å². The lowest BCUT2D eigenvalue weighted by atomic mass is 10.1. The van der Waals surface area contributed by atoms with Crippen LogP contribution in [-0.4, -0.2) is 108 Å². The third kappa shape index (κ3) is 3.88. The number of aliphatic imine (C=N–C) groups is 1. The van der Waals surface area contributed by atoms with Gasteiger partial charge in [0.15, 0.2) is 6.54 Å². The number of likely N-dealkylation sites (N-methyl/N-ethyl adjacent to an activating group) is 2. The molecule has 0 bridgehead atoms. The van der Waals surface area contributed by atoms with Crippen LogP contribution in [0.15, 0.2) is 29.3 Å². The Labute approximate surface area is 179 Å². The van der Waals surface area contributed by atoms with Gasteiger partial charge in [0.2, 0.25) is 0 Å². The first-order valence-corrected chi connectivity index (χ1v) is 10.0. The summed E-state index contributed by atoms with van der Waals surface area (Å²) in [5, 5.41) is 0. The van der Waals surface area contributed by atoms with Gasteiger partial charge in [-0.1, -0.05) is 0 Å². The van der Waals surface area contributed by atoms with Crippen molar-refractivity contribution in [3.8, 4) is 0 Å². The van der Waals surface area contributed by atoms with Crippen molar-refractivity contribution < 1.29 is 23.3 Å². The van der Waals surface area contributed by atoms with E-state index >= 15 is 0 Å². The minimum atomic E-state index is -0.837. The molecule has 2 saturated heterocycles. The molecule has 1 aromatic rings. The maximum absolute atomic E-state index is 13.2. The Hall–Kier alpha value is -3.34. The van der Waals surface area contributed by atoms with E-state index in [1.807, 2.05) is 0 Å². The van der Waals surface area contributed by atoms with Crippen molar-refractivity contribution in [1.29, 1.82) is 0 Å².